The lowest BCUT2D eigenvalue weighted by Gasteiger charge is -2.30. The van der Waals surface area contributed by atoms with Crippen LogP contribution in [0.15, 0.2) is 24.3 Å². The van der Waals surface area contributed by atoms with Crippen molar-refractivity contribution in [1.29, 1.82) is 0 Å². The summed E-state index contributed by atoms with van der Waals surface area (Å²) in [6, 6.07) is 7.31. The summed E-state index contributed by atoms with van der Waals surface area (Å²) in [5.74, 6) is 1.60. The molecule has 1 aromatic carbocycles. The topological polar surface area (TPSA) is 112 Å². The molecule has 0 saturated carbocycles. The summed E-state index contributed by atoms with van der Waals surface area (Å²) in [6.45, 7) is 3.76. The van der Waals surface area contributed by atoms with Gasteiger partial charge in [0.2, 0.25) is 0 Å². The molecule has 4 N–H and O–H groups in total. The van der Waals surface area contributed by atoms with Crippen LogP contribution >= 0.6 is 0 Å². The Kier molecular flexibility index (Phi) is 4.66. The minimum absolute atomic E-state index is 0.0353. The fourth-order valence-corrected chi connectivity index (χ4v) is 2.69. The normalized spacial score (nSPS) is 20.6. The number of rotatable bonds is 4. The lowest BCUT2D eigenvalue weighted by Crippen LogP contribution is -2.40. The van der Waals surface area contributed by atoms with Gasteiger partial charge in [0.25, 0.3) is 0 Å². The van der Waals surface area contributed by atoms with E-state index in [1.165, 1.54) is 0 Å². The third-order valence-corrected chi connectivity index (χ3v) is 3.83. The summed E-state index contributed by atoms with van der Waals surface area (Å²) in [6.07, 6.45) is -0.00373. The van der Waals surface area contributed by atoms with Crippen molar-refractivity contribution in [3.05, 3.63) is 41.5 Å². The van der Waals surface area contributed by atoms with Crippen molar-refractivity contribution in [2.75, 3.05) is 0 Å². The number of hydrogen-bond donors (Lipinski definition) is 4. The Morgan fingerprint density at radius 1 is 1.50 bits per heavy atom. The molecule has 0 spiro atoms. The molecule has 1 aromatic heterocycles. The van der Waals surface area contributed by atoms with E-state index in [0.29, 0.717) is 18.1 Å². The summed E-state index contributed by atoms with van der Waals surface area (Å²) >= 11 is 0. The maximum absolute atomic E-state index is 12.2. The molecule has 8 heteroatoms. The van der Waals surface area contributed by atoms with Crippen LogP contribution in [0.1, 0.15) is 49.6 Å². The van der Waals surface area contributed by atoms with Crippen LogP contribution in [-0.4, -0.2) is 32.4 Å². The van der Waals surface area contributed by atoms with E-state index in [0.717, 1.165) is 11.3 Å². The van der Waals surface area contributed by atoms with Crippen LogP contribution in [0.4, 0.5) is 4.79 Å². The molecular formula is C16H21N5O3. The summed E-state index contributed by atoms with van der Waals surface area (Å²) in [7, 11) is 0. The van der Waals surface area contributed by atoms with Crippen LogP contribution in [0.2, 0.25) is 0 Å². The molecule has 1 aliphatic heterocycles. The number of benzene rings is 1. The first-order valence-corrected chi connectivity index (χ1v) is 7.92. The second-order valence-electron chi connectivity index (χ2n) is 5.90. The van der Waals surface area contributed by atoms with Gasteiger partial charge in [-0.1, -0.05) is 18.2 Å². The van der Waals surface area contributed by atoms with Crippen molar-refractivity contribution in [1.82, 2.24) is 25.8 Å². The van der Waals surface area contributed by atoms with E-state index in [1.54, 1.807) is 6.92 Å². The van der Waals surface area contributed by atoms with Gasteiger partial charge in [0.15, 0.2) is 5.82 Å². The Morgan fingerprint density at radius 2 is 2.29 bits per heavy atom. The molecule has 2 amide bonds. The highest BCUT2D eigenvalue weighted by Gasteiger charge is 2.26. The number of para-hydroxylation sites is 1. The van der Waals surface area contributed by atoms with Crippen LogP contribution in [-0.2, 0) is 6.54 Å². The van der Waals surface area contributed by atoms with Gasteiger partial charge >= 0.3 is 6.03 Å². The summed E-state index contributed by atoms with van der Waals surface area (Å²) in [5, 5.41) is 21.7. The average molecular weight is 331 g/mol. The number of H-pyrrole nitrogens is 1. The zero-order chi connectivity index (χ0) is 17.1. The average Bonchev–Trinajstić information content (AvgIpc) is 3.02. The van der Waals surface area contributed by atoms with E-state index in [2.05, 4.69) is 25.8 Å². The molecule has 0 bridgehead atoms. The summed E-state index contributed by atoms with van der Waals surface area (Å²) in [4.78, 5) is 16.3. The van der Waals surface area contributed by atoms with E-state index in [1.807, 2.05) is 31.2 Å². The van der Waals surface area contributed by atoms with Gasteiger partial charge in [-0.3, -0.25) is 5.10 Å². The molecule has 1 aliphatic rings. The first kappa shape index (κ1) is 16.3. The molecule has 3 rings (SSSR count). The van der Waals surface area contributed by atoms with E-state index >= 15 is 0 Å². The third kappa shape index (κ3) is 3.65. The highest BCUT2D eigenvalue weighted by atomic mass is 16.5. The first-order valence-electron chi connectivity index (χ1n) is 7.92. The van der Waals surface area contributed by atoms with Crippen molar-refractivity contribution < 1.29 is 14.6 Å². The summed E-state index contributed by atoms with van der Waals surface area (Å²) in [5.41, 5.74) is 0.974. The second kappa shape index (κ2) is 6.88. The van der Waals surface area contributed by atoms with Gasteiger partial charge in [0.1, 0.15) is 17.7 Å². The molecule has 0 radical (unpaired) electrons. The number of aliphatic hydroxyl groups excluding tert-OH is 1. The number of aromatic amines is 1. The molecule has 0 aliphatic carbocycles. The Hall–Kier alpha value is -2.61. The molecule has 0 unspecified atom stereocenters. The number of fused-ring (bicyclic) bond motifs is 1. The fraction of sp³-hybridized carbons (Fsp3) is 0.438. The van der Waals surface area contributed by atoms with Gasteiger partial charge in [-0.05, 0) is 19.9 Å². The second-order valence-corrected chi connectivity index (χ2v) is 5.90. The monoisotopic (exact) mass is 331 g/mol. The Morgan fingerprint density at radius 3 is 3.04 bits per heavy atom. The minimum atomic E-state index is -0.746. The molecule has 8 nitrogen and oxygen atoms in total. The van der Waals surface area contributed by atoms with Gasteiger partial charge in [-0.2, -0.15) is 5.10 Å². The number of aliphatic hydroxyl groups is 1. The van der Waals surface area contributed by atoms with Crippen LogP contribution in [0.5, 0.6) is 5.75 Å². The number of amides is 2. The van der Waals surface area contributed by atoms with Crippen molar-refractivity contribution in [2.24, 2.45) is 0 Å². The molecule has 24 heavy (non-hydrogen) atoms. The van der Waals surface area contributed by atoms with Crippen molar-refractivity contribution >= 4 is 6.03 Å². The largest absolute Gasteiger partial charge is 0.490 e. The van der Waals surface area contributed by atoms with Crippen LogP contribution < -0.4 is 15.4 Å². The highest BCUT2D eigenvalue weighted by Crippen LogP contribution is 2.34. The number of carbonyl (C=O) groups is 1. The number of ether oxygens (including phenoxy) is 1. The van der Waals surface area contributed by atoms with Gasteiger partial charge in [0, 0.05) is 12.0 Å². The number of hydrogen-bond acceptors (Lipinski definition) is 5. The first-order chi connectivity index (χ1) is 11.5. The Balaban J connectivity index is 1.58. The van der Waals surface area contributed by atoms with E-state index in [4.69, 9.17) is 4.74 Å². The van der Waals surface area contributed by atoms with Crippen molar-refractivity contribution in [2.45, 2.75) is 45.1 Å². The maximum atomic E-state index is 12.2. The maximum Gasteiger partial charge on any atom is 0.315 e. The molecule has 2 aromatic rings. The molecule has 0 saturated heterocycles. The van der Waals surface area contributed by atoms with Gasteiger partial charge in [-0.25, -0.2) is 9.78 Å². The van der Waals surface area contributed by atoms with Crippen LogP contribution in [0.3, 0.4) is 0 Å². The van der Waals surface area contributed by atoms with Gasteiger partial charge in [-0.15, -0.1) is 0 Å². The third-order valence-electron chi connectivity index (χ3n) is 3.83. The lowest BCUT2D eigenvalue weighted by molar-refractivity contribution is 0.166. The Labute approximate surface area is 139 Å². The van der Waals surface area contributed by atoms with Crippen LogP contribution in [0, 0.1) is 0 Å². The zero-order valence-corrected chi connectivity index (χ0v) is 13.6. The predicted octanol–water partition coefficient (Wildman–Crippen LogP) is 1.57. The number of carbonyl (C=O) groups excluding carboxylic acids is 1. The molecule has 0 fully saturated rings. The highest BCUT2D eigenvalue weighted by molar-refractivity contribution is 5.74. The molecular weight excluding hydrogens is 310 g/mol. The van der Waals surface area contributed by atoms with E-state index < -0.39 is 6.10 Å². The predicted molar refractivity (Wildman–Crippen MR) is 86.3 cm³/mol. The van der Waals surface area contributed by atoms with Crippen molar-refractivity contribution in [3.8, 4) is 5.75 Å². The molecule has 128 valence electrons. The minimum Gasteiger partial charge on any atom is -0.490 e. The standard InChI is InChI=1S/C16H21N5O3/c1-9-7-12(11-5-3-4-6-13(11)24-9)18-16(23)17-8-14-19-15(10(2)22)21-20-14/h3-6,9-10,12,22H,7-8H2,1-2H3,(H2,17,18,23)(H,19,20,21)/t9-,10+,12-/m1/s1. The number of nitrogens with one attached hydrogen (secondary N) is 3. The van der Waals surface area contributed by atoms with E-state index in [-0.39, 0.29) is 24.7 Å². The lowest BCUT2D eigenvalue weighted by atomic mass is 9.97. The fourth-order valence-electron chi connectivity index (χ4n) is 2.69. The number of nitrogens with zero attached hydrogens (tertiary/aromatic N) is 2. The van der Waals surface area contributed by atoms with Crippen LogP contribution in [0.25, 0.3) is 0 Å². The SMILES string of the molecule is C[C@@H]1C[C@@H](NC(=O)NCc2nc([C@H](C)O)n[nH]2)c2ccccc2O1. The smallest absolute Gasteiger partial charge is 0.315 e. The summed E-state index contributed by atoms with van der Waals surface area (Å²) < 4.78 is 5.78. The van der Waals surface area contributed by atoms with E-state index in [9.17, 15) is 9.90 Å². The number of aromatic nitrogens is 3. The number of urea groups is 1. The molecule has 3 atom stereocenters. The Bertz CT molecular complexity index is 715. The molecule has 2 heterocycles. The van der Waals surface area contributed by atoms with Gasteiger partial charge < -0.3 is 20.5 Å². The van der Waals surface area contributed by atoms with Gasteiger partial charge in [0.05, 0.1) is 18.7 Å². The zero-order valence-electron chi connectivity index (χ0n) is 13.6. The van der Waals surface area contributed by atoms with Crippen molar-refractivity contribution in [3.63, 3.8) is 0 Å². The quantitative estimate of drug-likeness (QED) is 0.679.